The Labute approximate surface area is 204 Å². The predicted octanol–water partition coefficient (Wildman–Crippen LogP) is 2.73. The number of fused-ring (bicyclic) bond motifs is 1. The van der Waals surface area contributed by atoms with Gasteiger partial charge in [0.15, 0.2) is 0 Å². The predicted molar refractivity (Wildman–Crippen MR) is 126 cm³/mol. The number of hydrogen-bond acceptors (Lipinski definition) is 5. The number of carbonyl (C=O) groups is 3. The molecular formula is C25H31ClN2O6. The Hall–Kier alpha value is -2.42. The number of aliphatic carboxylic acids is 1. The monoisotopic (exact) mass is 490 g/mol. The molecule has 0 aliphatic carbocycles. The van der Waals surface area contributed by atoms with E-state index < -0.39 is 52.9 Å². The third-order valence-electron chi connectivity index (χ3n) is 8.04. The number of ether oxygens (including phenoxy) is 1. The van der Waals surface area contributed by atoms with Crippen LogP contribution < -0.4 is 4.90 Å². The number of benzene rings is 1. The lowest BCUT2D eigenvalue weighted by molar-refractivity contribution is -0.157. The lowest BCUT2D eigenvalue weighted by Gasteiger charge is -2.39. The van der Waals surface area contributed by atoms with Gasteiger partial charge in [0.2, 0.25) is 5.91 Å². The number of hydrogen-bond donors (Lipinski definition) is 2. The van der Waals surface area contributed by atoms with Gasteiger partial charge in [0.1, 0.15) is 17.6 Å². The van der Waals surface area contributed by atoms with Crippen LogP contribution in [0.1, 0.15) is 33.6 Å². The van der Waals surface area contributed by atoms with Crippen molar-refractivity contribution in [2.24, 2.45) is 17.8 Å². The van der Waals surface area contributed by atoms with Gasteiger partial charge in [-0.15, -0.1) is 6.58 Å². The van der Waals surface area contributed by atoms with Gasteiger partial charge in [-0.05, 0) is 49.9 Å². The van der Waals surface area contributed by atoms with Crippen LogP contribution in [0.3, 0.4) is 0 Å². The summed E-state index contributed by atoms with van der Waals surface area (Å²) in [5.41, 5.74) is -1.79. The summed E-state index contributed by atoms with van der Waals surface area (Å²) < 4.78 is 6.49. The second-order valence-electron chi connectivity index (χ2n) is 9.75. The van der Waals surface area contributed by atoms with E-state index in [-0.39, 0.29) is 19.1 Å². The van der Waals surface area contributed by atoms with Gasteiger partial charge < -0.3 is 24.7 Å². The number of likely N-dealkylation sites (tertiary alicyclic amines) is 1. The van der Waals surface area contributed by atoms with Crippen LogP contribution in [0.25, 0.3) is 0 Å². The Morgan fingerprint density at radius 3 is 2.56 bits per heavy atom. The molecule has 1 spiro atoms. The number of carboxylic acid groups (broad SMARTS) is 1. The van der Waals surface area contributed by atoms with Crippen molar-refractivity contribution in [2.75, 3.05) is 18.1 Å². The van der Waals surface area contributed by atoms with Crippen molar-refractivity contribution >= 4 is 35.1 Å². The van der Waals surface area contributed by atoms with Crippen molar-refractivity contribution in [1.82, 2.24) is 4.90 Å². The molecule has 3 unspecified atom stereocenters. The Bertz CT molecular complexity index is 1010. The molecule has 9 heteroatoms. The number of aliphatic hydroxyl groups is 1. The van der Waals surface area contributed by atoms with Gasteiger partial charge in [0.05, 0.1) is 24.2 Å². The third kappa shape index (κ3) is 3.30. The maximum atomic E-state index is 14.3. The first-order valence-corrected chi connectivity index (χ1v) is 12.0. The number of nitrogens with zero attached hydrogens (tertiary/aromatic N) is 2. The summed E-state index contributed by atoms with van der Waals surface area (Å²) in [6.45, 7) is 9.05. The van der Waals surface area contributed by atoms with Crippen LogP contribution >= 0.6 is 11.6 Å². The molecule has 4 rings (SSSR count). The molecule has 3 aliphatic rings. The highest BCUT2D eigenvalue weighted by Crippen LogP contribution is 2.65. The molecule has 34 heavy (non-hydrogen) atoms. The summed E-state index contributed by atoms with van der Waals surface area (Å²) in [7, 11) is 0. The third-order valence-corrected chi connectivity index (χ3v) is 8.30. The fraction of sp³-hybridized carbons (Fsp3) is 0.560. The molecule has 3 saturated heterocycles. The summed E-state index contributed by atoms with van der Waals surface area (Å²) in [6.07, 6.45) is 2.37. The van der Waals surface area contributed by atoms with Gasteiger partial charge in [0.25, 0.3) is 5.91 Å². The number of halogens is 1. The molecule has 3 fully saturated rings. The molecular weight excluding hydrogens is 460 g/mol. The highest BCUT2D eigenvalue weighted by atomic mass is 35.5. The molecule has 7 atom stereocenters. The first-order chi connectivity index (χ1) is 16.1. The van der Waals surface area contributed by atoms with Crippen LogP contribution in [-0.2, 0) is 19.1 Å². The van der Waals surface area contributed by atoms with Gasteiger partial charge in [-0.2, -0.15) is 0 Å². The molecule has 8 nitrogen and oxygen atoms in total. The van der Waals surface area contributed by atoms with Gasteiger partial charge in [0, 0.05) is 17.3 Å². The molecule has 0 radical (unpaired) electrons. The van der Waals surface area contributed by atoms with E-state index in [2.05, 4.69) is 6.58 Å². The molecule has 3 aliphatic heterocycles. The minimum absolute atomic E-state index is 0.171. The van der Waals surface area contributed by atoms with E-state index in [1.807, 2.05) is 13.8 Å². The smallest absolute Gasteiger partial charge is 0.310 e. The van der Waals surface area contributed by atoms with Crippen molar-refractivity contribution in [1.29, 1.82) is 0 Å². The Balaban J connectivity index is 1.87. The fourth-order valence-corrected chi connectivity index (χ4v) is 6.49. The molecule has 2 N–H and O–H groups in total. The van der Waals surface area contributed by atoms with Crippen LogP contribution in [0.5, 0.6) is 0 Å². The van der Waals surface area contributed by atoms with Crippen molar-refractivity contribution in [3.63, 3.8) is 0 Å². The van der Waals surface area contributed by atoms with Crippen LogP contribution in [0.4, 0.5) is 5.69 Å². The second kappa shape index (κ2) is 8.66. The minimum atomic E-state index is -1.29. The average Bonchev–Trinajstić information content (AvgIpc) is 3.31. The molecule has 2 amide bonds. The van der Waals surface area contributed by atoms with Crippen LogP contribution in [0, 0.1) is 17.8 Å². The van der Waals surface area contributed by atoms with E-state index in [1.54, 1.807) is 37.3 Å². The lowest BCUT2D eigenvalue weighted by Crippen LogP contribution is -2.59. The average molecular weight is 491 g/mol. The summed E-state index contributed by atoms with van der Waals surface area (Å²) >= 11 is 6.04. The number of aliphatic hydroxyl groups excluding tert-OH is 1. The molecule has 3 heterocycles. The quantitative estimate of drug-likeness (QED) is 0.542. The Morgan fingerprint density at radius 1 is 1.38 bits per heavy atom. The van der Waals surface area contributed by atoms with Crippen molar-refractivity contribution in [2.45, 2.75) is 56.9 Å². The van der Waals surface area contributed by atoms with Crippen LogP contribution in [-0.4, -0.2) is 69.3 Å². The van der Waals surface area contributed by atoms with E-state index in [4.69, 9.17) is 16.3 Å². The van der Waals surface area contributed by atoms with Gasteiger partial charge in [-0.3, -0.25) is 14.4 Å². The van der Waals surface area contributed by atoms with Gasteiger partial charge in [-0.25, -0.2) is 0 Å². The first-order valence-electron chi connectivity index (χ1n) is 11.6. The van der Waals surface area contributed by atoms with Gasteiger partial charge in [-0.1, -0.05) is 31.5 Å². The Kier molecular flexibility index (Phi) is 6.29. The SMILES string of the molecule is C=CCN(C(=O)C1N([C@@H](CC)CO)C(=O)[C@@H]2[C@@H](C(=O)O)[C@]3(C)OC12CC3C)c1ccc(Cl)cc1. The zero-order valence-electron chi connectivity index (χ0n) is 19.6. The summed E-state index contributed by atoms with van der Waals surface area (Å²) in [4.78, 5) is 43.4. The standard InChI is InChI=1S/C25H31ClN2O6/c1-5-11-27(17-9-7-15(26)8-10-17)22(31)20-25-12-14(3)24(4,34-25)19(23(32)33)18(25)21(30)28(20)16(6-2)13-29/h5,7-10,14,16,18-20,29H,1,6,11-13H2,2-4H3,(H,32,33)/t14?,16-,18-,19-,20?,24+,25?/m0/s1. The van der Waals surface area contributed by atoms with E-state index in [9.17, 15) is 24.6 Å². The highest BCUT2D eigenvalue weighted by molar-refractivity contribution is 6.30. The zero-order chi connectivity index (χ0) is 25.0. The molecule has 1 aromatic rings. The van der Waals surface area contributed by atoms with Crippen LogP contribution in [0.2, 0.25) is 5.02 Å². The van der Waals surface area contributed by atoms with E-state index in [0.717, 1.165) is 0 Å². The maximum Gasteiger partial charge on any atom is 0.310 e. The molecule has 0 aromatic heterocycles. The van der Waals surface area contributed by atoms with E-state index in [0.29, 0.717) is 23.6 Å². The Morgan fingerprint density at radius 2 is 2.03 bits per heavy atom. The molecule has 184 valence electrons. The van der Waals surface area contributed by atoms with Crippen molar-refractivity contribution in [3.8, 4) is 0 Å². The van der Waals surface area contributed by atoms with Crippen LogP contribution in [0.15, 0.2) is 36.9 Å². The van der Waals surface area contributed by atoms with Gasteiger partial charge >= 0.3 is 5.97 Å². The van der Waals surface area contributed by atoms with Crippen molar-refractivity contribution < 1.29 is 29.3 Å². The molecule has 1 aromatic carbocycles. The second-order valence-corrected chi connectivity index (χ2v) is 10.2. The summed E-state index contributed by atoms with van der Waals surface area (Å²) in [5.74, 6) is -4.21. The zero-order valence-corrected chi connectivity index (χ0v) is 20.4. The summed E-state index contributed by atoms with van der Waals surface area (Å²) in [6, 6.07) is 5.04. The number of carboxylic acids is 1. The molecule has 2 bridgehead atoms. The van der Waals surface area contributed by atoms with E-state index >= 15 is 0 Å². The number of amides is 2. The number of anilines is 1. The fourth-order valence-electron chi connectivity index (χ4n) is 6.36. The first kappa shape index (κ1) is 24.7. The lowest BCUT2D eigenvalue weighted by atomic mass is 9.62. The van der Waals surface area contributed by atoms with E-state index in [1.165, 1.54) is 9.80 Å². The maximum absolute atomic E-state index is 14.3. The summed E-state index contributed by atoms with van der Waals surface area (Å²) in [5, 5.41) is 20.7. The largest absolute Gasteiger partial charge is 0.481 e. The minimum Gasteiger partial charge on any atom is -0.481 e. The highest BCUT2D eigenvalue weighted by Gasteiger charge is 2.80. The van der Waals surface area contributed by atoms with Crippen molar-refractivity contribution in [3.05, 3.63) is 41.9 Å². The topological polar surface area (TPSA) is 107 Å². The molecule has 0 saturated carbocycles. The number of carbonyl (C=O) groups excluding carboxylic acids is 2. The number of rotatable bonds is 8. The normalized spacial score (nSPS) is 34.7.